The fraction of sp³-hybridized carbons (Fsp3) is 1.00. The first-order valence-corrected chi connectivity index (χ1v) is 3.37. The highest BCUT2D eigenvalue weighted by Gasteiger charge is 2.42. The maximum atomic E-state index is 12.7. The molecule has 1 aliphatic heterocycles. The van der Waals surface area contributed by atoms with Gasteiger partial charge in [-0.1, -0.05) is 0 Å². The van der Waals surface area contributed by atoms with Crippen LogP contribution >= 0.6 is 0 Å². The Labute approximate surface area is 63.2 Å². The molecule has 0 amide bonds. The highest BCUT2D eigenvalue weighted by Crippen LogP contribution is 2.21. The lowest BCUT2D eigenvalue weighted by atomic mass is 10.0. The summed E-state index contributed by atoms with van der Waals surface area (Å²) < 4.78 is 17.3. The van der Waals surface area contributed by atoms with Crippen LogP contribution in [-0.4, -0.2) is 46.1 Å². The van der Waals surface area contributed by atoms with Crippen LogP contribution in [0.5, 0.6) is 0 Å². The van der Waals surface area contributed by atoms with E-state index in [-0.39, 0.29) is 0 Å². The van der Waals surface area contributed by atoms with E-state index in [2.05, 4.69) is 4.74 Å². The fourth-order valence-electron chi connectivity index (χ4n) is 0.999. The topological polar surface area (TPSA) is 69.9 Å². The van der Waals surface area contributed by atoms with E-state index in [1.54, 1.807) is 0 Å². The lowest BCUT2D eigenvalue weighted by molar-refractivity contribution is -0.265. The predicted octanol–water partition coefficient (Wildman–Crippen LogP) is -1.22. The van der Waals surface area contributed by atoms with E-state index in [1.165, 1.54) is 6.92 Å². The minimum Gasteiger partial charge on any atom is -0.387 e. The van der Waals surface area contributed by atoms with E-state index in [1.807, 2.05) is 0 Å². The summed E-state index contributed by atoms with van der Waals surface area (Å²) in [5.41, 5.74) is 0. The molecule has 0 bridgehead atoms. The summed E-state index contributed by atoms with van der Waals surface area (Å²) in [6.07, 6.45) is -7.19. The van der Waals surface area contributed by atoms with E-state index in [9.17, 15) is 4.39 Å². The van der Waals surface area contributed by atoms with Gasteiger partial charge in [-0.05, 0) is 6.92 Å². The van der Waals surface area contributed by atoms with Crippen molar-refractivity contribution in [3.8, 4) is 0 Å². The quantitative estimate of drug-likeness (QED) is 0.422. The smallest absolute Gasteiger partial charge is 0.184 e. The van der Waals surface area contributed by atoms with Crippen LogP contribution in [0, 0.1) is 0 Å². The molecule has 0 saturated carbocycles. The molecule has 1 saturated heterocycles. The number of alkyl halides is 1. The Kier molecular flexibility index (Phi) is 2.43. The molecule has 3 N–H and O–H groups in total. The summed E-state index contributed by atoms with van der Waals surface area (Å²) in [7, 11) is 0. The zero-order valence-electron chi connectivity index (χ0n) is 6.01. The number of ether oxygens (including phenoxy) is 1. The molecule has 1 fully saturated rings. The van der Waals surface area contributed by atoms with E-state index < -0.39 is 30.8 Å². The standard InChI is InChI=1S/C6H11FO4/c1-2-4(8)3(7)5(9)6(10)11-2/h2-6,8-10H,1H3/t2-,3+,4-,5-,6+/m1/s1. The Morgan fingerprint density at radius 1 is 1.18 bits per heavy atom. The number of aliphatic hydroxyl groups excluding tert-OH is 3. The first-order valence-electron chi connectivity index (χ1n) is 3.37. The molecule has 5 heteroatoms. The second-order valence-electron chi connectivity index (χ2n) is 2.66. The molecule has 0 aromatic carbocycles. The van der Waals surface area contributed by atoms with Crippen molar-refractivity contribution in [1.29, 1.82) is 0 Å². The van der Waals surface area contributed by atoms with Crippen molar-refractivity contribution in [3.05, 3.63) is 0 Å². The van der Waals surface area contributed by atoms with Crippen molar-refractivity contribution in [1.82, 2.24) is 0 Å². The first-order chi connectivity index (χ1) is 5.04. The normalized spacial score (nSPS) is 52.6. The average Bonchev–Trinajstić information content (AvgIpc) is 1.97. The molecule has 0 unspecified atom stereocenters. The van der Waals surface area contributed by atoms with E-state index >= 15 is 0 Å². The SMILES string of the molecule is C[C@H]1O[C@H](O)[C@H](O)[C@@H](F)[C@@H]1O. The molecule has 0 aliphatic carbocycles. The Bertz CT molecular complexity index is 129. The van der Waals surface area contributed by atoms with Gasteiger partial charge in [-0.15, -0.1) is 0 Å². The third-order valence-electron chi connectivity index (χ3n) is 1.78. The van der Waals surface area contributed by atoms with Crippen LogP contribution in [-0.2, 0) is 4.74 Å². The van der Waals surface area contributed by atoms with Gasteiger partial charge in [0.2, 0.25) is 0 Å². The van der Waals surface area contributed by atoms with Gasteiger partial charge in [-0.2, -0.15) is 0 Å². The van der Waals surface area contributed by atoms with Crippen LogP contribution in [0.2, 0.25) is 0 Å². The van der Waals surface area contributed by atoms with Crippen LogP contribution in [0.15, 0.2) is 0 Å². The van der Waals surface area contributed by atoms with Crippen molar-refractivity contribution < 1.29 is 24.4 Å². The molecule has 1 aliphatic rings. The summed E-state index contributed by atoms with van der Waals surface area (Å²) in [6, 6.07) is 0. The van der Waals surface area contributed by atoms with Crippen molar-refractivity contribution >= 4 is 0 Å². The number of aliphatic hydroxyl groups is 3. The summed E-state index contributed by atoms with van der Waals surface area (Å²) in [4.78, 5) is 0. The highest BCUT2D eigenvalue weighted by atomic mass is 19.1. The number of hydrogen-bond donors (Lipinski definition) is 3. The summed E-state index contributed by atoms with van der Waals surface area (Å²) in [6.45, 7) is 1.42. The third kappa shape index (κ3) is 1.51. The molecule has 0 radical (unpaired) electrons. The largest absolute Gasteiger partial charge is 0.387 e. The van der Waals surface area contributed by atoms with Gasteiger partial charge in [0, 0.05) is 0 Å². The van der Waals surface area contributed by atoms with Crippen LogP contribution in [0.3, 0.4) is 0 Å². The molecule has 5 atom stereocenters. The van der Waals surface area contributed by atoms with Gasteiger partial charge in [0.1, 0.15) is 12.2 Å². The van der Waals surface area contributed by atoms with Gasteiger partial charge in [0.25, 0.3) is 0 Å². The lowest BCUT2D eigenvalue weighted by Gasteiger charge is -2.35. The molecular weight excluding hydrogens is 155 g/mol. The van der Waals surface area contributed by atoms with E-state index in [0.717, 1.165) is 0 Å². The molecule has 1 rings (SSSR count). The van der Waals surface area contributed by atoms with Gasteiger partial charge in [0.15, 0.2) is 12.5 Å². The minimum atomic E-state index is -1.84. The Balaban J connectivity index is 2.63. The van der Waals surface area contributed by atoms with Gasteiger partial charge in [0.05, 0.1) is 6.10 Å². The summed E-state index contributed by atoms with van der Waals surface area (Å²) >= 11 is 0. The molecule has 4 nitrogen and oxygen atoms in total. The monoisotopic (exact) mass is 166 g/mol. The van der Waals surface area contributed by atoms with Crippen molar-refractivity contribution in [2.75, 3.05) is 0 Å². The van der Waals surface area contributed by atoms with Crippen LogP contribution in [0.25, 0.3) is 0 Å². The van der Waals surface area contributed by atoms with Crippen LogP contribution in [0.4, 0.5) is 4.39 Å². The zero-order chi connectivity index (χ0) is 8.59. The van der Waals surface area contributed by atoms with Crippen LogP contribution in [0.1, 0.15) is 6.92 Å². The predicted molar refractivity (Wildman–Crippen MR) is 33.5 cm³/mol. The Morgan fingerprint density at radius 3 is 2.27 bits per heavy atom. The first kappa shape index (κ1) is 8.86. The summed E-state index contributed by atoms with van der Waals surface area (Å²) in [5, 5.41) is 26.6. The van der Waals surface area contributed by atoms with Gasteiger partial charge >= 0.3 is 0 Å². The lowest BCUT2D eigenvalue weighted by Crippen LogP contribution is -2.54. The molecule has 0 spiro atoms. The van der Waals surface area contributed by atoms with Gasteiger partial charge < -0.3 is 20.1 Å². The molecule has 11 heavy (non-hydrogen) atoms. The van der Waals surface area contributed by atoms with Gasteiger partial charge in [-0.25, -0.2) is 4.39 Å². The Hall–Kier alpha value is -0.230. The molecule has 1 heterocycles. The number of hydrogen-bond acceptors (Lipinski definition) is 4. The van der Waals surface area contributed by atoms with Crippen molar-refractivity contribution in [3.63, 3.8) is 0 Å². The second kappa shape index (κ2) is 3.02. The summed E-state index contributed by atoms with van der Waals surface area (Å²) in [5.74, 6) is 0. The number of halogens is 1. The van der Waals surface area contributed by atoms with E-state index in [4.69, 9.17) is 15.3 Å². The molecule has 0 aromatic rings. The molecule has 66 valence electrons. The van der Waals surface area contributed by atoms with Crippen molar-refractivity contribution in [2.45, 2.75) is 37.7 Å². The maximum Gasteiger partial charge on any atom is 0.184 e. The molecular formula is C6H11FO4. The number of rotatable bonds is 0. The molecule has 0 aromatic heterocycles. The fourth-order valence-corrected chi connectivity index (χ4v) is 0.999. The third-order valence-corrected chi connectivity index (χ3v) is 1.78. The highest BCUT2D eigenvalue weighted by molar-refractivity contribution is 4.86. The van der Waals surface area contributed by atoms with Crippen LogP contribution < -0.4 is 0 Å². The van der Waals surface area contributed by atoms with E-state index in [0.29, 0.717) is 0 Å². The Morgan fingerprint density at radius 2 is 1.73 bits per heavy atom. The van der Waals surface area contributed by atoms with Gasteiger partial charge in [-0.3, -0.25) is 0 Å². The van der Waals surface area contributed by atoms with Crippen molar-refractivity contribution in [2.24, 2.45) is 0 Å². The minimum absolute atomic E-state index is 0.789. The average molecular weight is 166 g/mol. The second-order valence-corrected chi connectivity index (χ2v) is 2.66. The zero-order valence-corrected chi connectivity index (χ0v) is 6.01. The maximum absolute atomic E-state index is 12.7.